The molecule has 0 radical (unpaired) electrons. The SMILES string of the molecule is CC(C)COP(=O)(OCC(C)C)SCC(C)C(=O)O. The van der Waals surface area contributed by atoms with Crippen molar-refractivity contribution in [3.63, 3.8) is 0 Å². The Balaban J connectivity index is 4.47. The maximum atomic E-state index is 12.5. The van der Waals surface area contributed by atoms with Crippen molar-refractivity contribution in [2.24, 2.45) is 17.8 Å². The van der Waals surface area contributed by atoms with Crippen molar-refractivity contribution in [3.05, 3.63) is 0 Å². The summed E-state index contributed by atoms with van der Waals surface area (Å²) in [6, 6.07) is 0. The van der Waals surface area contributed by atoms with Gasteiger partial charge >= 0.3 is 12.8 Å². The van der Waals surface area contributed by atoms with Crippen LogP contribution in [0, 0.1) is 17.8 Å². The lowest BCUT2D eigenvalue weighted by Crippen LogP contribution is -2.12. The summed E-state index contributed by atoms with van der Waals surface area (Å²) in [5.74, 6) is -0.791. The maximum absolute atomic E-state index is 12.5. The molecule has 0 heterocycles. The summed E-state index contributed by atoms with van der Waals surface area (Å²) < 4.78 is 23.2. The van der Waals surface area contributed by atoms with E-state index in [2.05, 4.69) is 0 Å². The van der Waals surface area contributed by atoms with Crippen LogP contribution in [0.4, 0.5) is 0 Å². The molecule has 0 aliphatic carbocycles. The minimum Gasteiger partial charge on any atom is -0.481 e. The molecule has 1 atom stereocenters. The molecule has 0 fully saturated rings. The van der Waals surface area contributed by atoms with Gasteiger partial charge in [0.25, 0.3) is 0 Å². The highest BCUT2D eigenvalue weighted by molar-refractivity contribution is 8.55. The highest BCUT2D eigenvalue weighted by Gasteiger charge is 2.28. The van der Waals surface area contributed by atoms with Crippen LogP contribution < -0.4 is 0 Å². The van der Waals surface area contributed by atoms with E-state index in [-0.39, 0.29) is 17.6 Å². The average Bonchev–Trinajstić information content (AvgIpc) is 2.31. The smallest absolute Gasteiger partial charge is 0.389 e. The molecule has 0 rings (SSSR count). The molecule has 0 amide bonds. The van der Waals surface area contributed by atoms with Crippen LogP contribution in [-0.4, -0.2) is 30.0 Å². The second-order valence-corrected chi connectivity index (χ2v) is 9.48. The third kappa shape index (κ3) is 9.50. The van der Waals surface area contributed by atoms with Crippen LogP contribution >= 0.6 is 18.2 Å². The second kappa shape index (κ2) is 9.01. The topological polar surface area (TPSA) is 72.8 Å². The summed E-state index contributed by atoms with van der Waals surface area (Å²) in [6.07, 6.45) is 0. The second-order valence-electron chi connectivity index (χ2n) is 5.36. The first-order chi connectivity index (χ1) is 8.66. The van der Waals surface area contributed by atoms with Gasteiger partial charge < -0.3 is 14.2 Å². The van der Waals surface area contributed by atoms with Crippen molar-refractivity contribution >= 4 is 24.1 Å². The Bertz CT molecular complexity index is 303. The zero-order chi connectivity index (χ0) is 15.1. The highest BCUT2D eigenvalue weighted by Crippen LogP contribution is 2.61. The normalized spacial score (nSPS) is 14.1. The van der Waals surface area contributed by atoms with Crippen molar-refractivity contribution in [1.29, 1.82) is 0 Å². The number of hydrogen-bond donors (Lipinski definition) is 1. The van der Waals surface area contributed by atoms with Gasteiger partial charge in [-0.1, -0.05) is 34.6 Å². The Labute approximate surface area is 119 Å². The summed E-state index contributed by atoms with van der Waals surface area (Å²) >= 11 is 0.975. The van der Waals surface area contributed by atoms with Crippen molar-refractivity contribution in [3.8, 4) is 0 Å². The van der Waals surface area contributed by atoms with Gasteiger partial charge in [0.15, 0.2) is 0 Å². The Morgan fingerprint density at radius 3 is 1.84 bits per heavy atom. The van der Waals surface area contributed by atoms with Gasteiger partial charge in [0.05, 0.1) is 19.1 Å². The fraction of sp³-hybridized carbons (Fsp3) is 0.917. The first-order valence-electron chi connectivity index (χ1n) is 6.42. The van der Waals surface area contributed by atoms with E-state index in [4.69, 9.17) is 14.2 Å². The molecule has 5 nitrogen and oxygen atoms in total. The van der Waals surface area contributed by atoms with Crippen LogP contribution in [0.1, 0.15) is 34.6 Å². The molecule has 0 bridgehead atoms. The van der Waals surface area contributed by atoms with E-state index >= 15 is 0 Å². The van der Waals surface area contributed by atoms with Gasteiger partial charge in [-0.2, -0.15) is 0 Å². The van der Waals surface area contributed by atoms with Crippen LogP contribution in [0.15, 0.2) is 0 Å². The quantitative estimate of drug-likeness (QED) is 0.617. The summed E-state index contributed by atoms with van der Waals surface area (Å²) in [7, 11) is 0. The average molecular weight is 312 g/mol. The van der Waals surface area contributed by atoms with Crippen LogP contribution in [0.5, 0.6) is 0 Å². The van der Waals surface area contributed by atoms with E-state index in [1.54, 1.807) is 6.92 Å². The molecule has 0 saturated carbocycles. The first-order valence-corrected chi connectivity index (χ1v) is 9.56. The van der Waals surface area contributed by atoms with Crippen molar-refractivity contribution in [2.45, 2.75) is 34.6 Å². The van der Waals surface area contributed by atoms with Gasteiger partial charge in [0.2, 0.25) is 0 Å². The van der Waals surface area contributed by atoms with Gasteiger partial charge in [-0.25, -0.2) is 4.57 Å². The fourth-order valence-electron chi connectivity index (χ4n) is 0.867. The number of carbonyl (C=O) groups is 1. The third-order valence-electron chi connectivity index (χ3n) is 2.04. The monoisotopic (exact) mass is 312 g/mol. The Hall–Kier alpha value is -0.0300. The van der Waals surface area contributed by atoms with E-state index in [9.17, 15) is 9.36 Å². The van der Waals surface area contributed by atoms with E-state index in [0.29, 0.717) is 13.2 Å². The largest absolute Gasteiger partial charge is 0.481 e. The predicted octanol–water partition coefficient (Wildman–Crippen LogP) is 3.89. The van der Waals surface area contributed by atoms with Crippen LogP contribution in [0.25, 0.3) is 0 Å². The maximum Gasteiger partial charge on any atom is 0.389 e. The zero-order valence-electron chi connectivity index (χ0n) is 12.3. The van der Waals surface area contributed by atoms with Crippen LogP contribution in [0.3, 0.4) is 0 Å². The molecule has 19 heavy (non-hydrogen) atoms. The molecule has 0 aliphatic heterocycles. The van der Waals surface area contributed by atoms with Gasteiger partial charge in [0.1, 0.15) is 0 Å². The summed E-state index contributed by atoms with van der Waals surface area (Å²) in [5, 5.41) is 8.83. The number of carboxylic acid groups (broad SMARTS) is 1. The molecule has 0 aliphatic rings. The van der Waals surface area contributed by atoms with E-state index in [1.807, 2.05) is 27.7 Å². The molecule has 114 valence electrons. The number of aliphatic carboxylic acids is 1. The molecular formula is C12H25O5PS. The van der Waals surface area contributed by atoms with E-state index < -0.39 is 18.7 Å². The number of rotatable bonds is 10. The molecule has 1 unspecified atom stereocenters. The minimum absolute atomic E-state index is 0.211. The fourth-order valence-corrected chi connectivity index (χ4v) is 4.63. The van der Waals surface area contributed by atoms with Crippen molar-refractivity contribution in [1.82, 2.24) is 0 Å². The highest BCUT2D eigenvalue weighted by atomic mass is 32.7. The molecule has 1 N–H and O–H groups in total. The number of hydrogen-bond acceptors (Lipinski definition) is 5. The van der Waals surface area contributed by atoms with Crippen molar-refractivity contribution in [2.75, 3.05) is 19.0 Å². The van der Waals surface area contributed by atoms with Crippen LogP contribution in [-0.2, 0) is 18.4 Å². The van der Waals surface area contributed by atoms with E-state index in [1.165, 1.54) is 0 Å². The standard InChI is InChI=1S/C12H25O5PS/c1-9(2)6-16-18(15,17-7-10(3)4)19-8-11(5)12(13)14/h9-11H,6-8H2,1-5H3,(H,13,14). The Morgan fingerprint density at radius 2 is 1.53 bits per heavy atom. The van der Waals surface area contributed by atoms with Gasteiger partial charge in [-0.15, -0.1) is 0 Å². The molecule has 0 aromatic carbocycles. The molecule has 0 saturated heterocycles. The minimum atomic E-state index is -3.27. The van der Waals surface area contributed by atoms with E-state index in [0.717, 1.165) is 11.4 Å². The predicted molar refractivity (Wildman–Crippen MR) is 78.4 cm³/mol. The molecule has 0 spiro atoms. The Morgan fingerprint density at radius 1 is 1.11 bits per heavy atom. The summed E-state index contributed by atoms with van der Waals surface area (Å²) in [6.45, 7) is 6.80. The first kappa shape index (κ1) is 19.0. The summed E-state index contributed by atoms with van der Waals surface area (Å²) in [4.78, 5) is 10.8. The van der Waals surface area contributed by atoms with Crippen LogP contribution in [0.2, 0.25) is 0 Å². The zero-order valence-corrected chi connectivity index (χ0v) is 14.0. The van der Waals surface area contributed by atoms with Crippen molar-refractivity contribution < 1.29 is 23.5 Å². The lowest BCUT2D eigenvalue weighted by Gasteiger charge is -2.20. The molecule has 0 aromatic heterocycles. The molecular weight excluding hydrogens is 287 g/mol. The number of carboxylic acids is 1. The van der Waals surface area contributed by atoms with Gasteiger partial charge in [-0.3, -0.25) is 4.79 Å². The lowest BCUT2D eigenvalue weighted by molar-refractivity contribution is -0.140. The Kier molecular flexibility index (Phi) is 8.99. The third-order valence-corrected chi connectivity index (χ3v) is 5.96. The van der Waals surface area contributed by atoms with Gasteiger partial charge in [-0.05, 0) is 23.2 Å². The summed E-state index contributed by atoms with van der Waals surface area (Å²) in [5.41, 5.74) is 0. The molecule has 0 aromatic rings. The molecule has 7 heteroatoms. The van der Waals surface area contributed by atoms with Gasteiger partial charge in [0, 0.05) is 5.75 Å². The lowest BCUT2D eigenvalue weighted by atomic mass is 10.2.